The Kier molecular flexibility index (Phi) is 12.2. The van der Waals surface area contributed by atoms with Gasteiger partial charge in [0, 0.05) is 7.11 Å². The first-order valence-corrected chi connectivity index (χ1v) is 7.43. The van der Waals surface area contributed by atoms with Crippen molar-refractivity contribution in [2.75, 3.05) is 87.0 Å². The zero-order chi connectivity index (χ0) is 15.6. The maximum atomic E-state index is 11.8. The summed E-state index contributed by atoms with van der Waals surface area (Å²) in [6, 6.07) is 0. The lowest BCUT2D eigenvalue weighted by atomic mass is 10.3. The van der Waals surface area contributed by atoms with E-state index < -0.39 is 0 Å². The van der Waals surface area contributed by atoms with Crippen molar-refractivity contribution in [3.63, 3.8) is 0 Å². The van der Waals surface area contributed by atoms with Crippen LogP contribution in [0.2, 0.25) is 0 Å². The smallest absolute Gasteiger partial charge is 0.410 e. The lowest BCUT2D eigenvalue weighted by Gasteiger charge is -2.38. The third-order valence-corrected chi connectivity index (χ3v) is 3.47. The van der Waals surface area contributed by atoms with Gasteiger partial charge in [-0.3, -0.25) is 4.90 Å². The molecule has 0 saturated carbocycles. The molecule has 1 rings (SSSR count). The number of ether oxygens (including phenoxy) is 4. The molecule has 0 aromatic carbocycles. The summed E-state index contributed by atoms with van der Waals surface area (Å²) in [6.07, 6.45) is -0.241. The molecule has 0 aromatic heterocycles. The molecular weight excluding hydrogens is 403 g/mol. The van der Waals surface area contributed by atoms with Crippen molar-refractivity contribution in [3.05, 3.63) is 0 Å². The Morgan fingerprint density at radius 1 is 0.955 bits per heavy atom. The molecule has 0 spiro atoms. The molecule has 1 aliphatic heterocycles. The SMILES string of the molecule is COCCOCCOCCOC(=O)N1CC[N+](C)(C)CC1.[I-]. The van der Waals surface area contributed by atoms with E-state index in [1.165, 1.54) is 0 Å². The van der Waals surface area contributed by atoms with E-state index in [0.717, 1.165) is 30.7 Å². The molecule has 0 aromatic rings. The molecule has 1 saturated heterocycles. The fourth-order valence-electron chi connectivity index (χ4n) is 1.93. The number of methoxy groups -OCH3 is 1. The first-order chi connectivity index (χ1) is 10.0. The predicted octanol–water partition coefficient (Wildman–Crippen LogP) is -2.80. The standard InChI is InChI=1S/C14H29N2O5.HI/c1-16(2)6-4-15(5-7-16)14(17)21-13-12-20-11-10-19-9-8-18-3;/h4-13H2,1-3H3;1H/q+1;/p-1. The number of rotatable bonds is 9. The number of hydrogen-bond donors (Lipinski definition) is 0. The molecule has 1 heterocycles. The number of nitrogens with zero attached hydrogens (tertiary/aromatic N) is 2. The Hall–Kier alpha value is -0.160. The van der Waals surface area contributed by atoms with Gasteiger partial charge in [-0.05, 0) is 0 Å². The quantitative estimate of drug-likeness (QED) is 0.224. The summed E-state index contributed by atoms with van der Waals surface area (Å²) in [5, 5.41) is 0. The first-order valence-electron chi connectivity index (χ1n) is 7.43. The highest BCUT2D eigenvalue weighted by Crippen LogP contribution is 2.07. The molecule has 1 aliphatic rings. The van der Waals surface area contributed by atoms with Crippen LogP contribution in [-0.4, -0.2) is 103 Å². The Balaban J connectivity index is 0.00000441. The maximum absolute atomic E-state index is 11.8. The molecule has 0 radical (unpaired) electrons. The van der Waals surface area contributed by atoms with Gasteiger partial charge in [0.25, 0.3) is 0 Å². The minimum atomic E-state index is -0.241. The van der Waals surface area contributed by atoms with Crippen LogP contribution in [0.4, 0.5) is 4.79 Å². The van der Waals surface area contributed by atoms with Gasteiger partial charge >= 0.3 is 6.09 Å². The van der Waals surface area contributed by atoms with Crippen molar-refractivity contribution in [3.8, 4) is 0 Å². The van der Waals surface area contributed by atoms with Crippen LogP contribution in [-0.2, 0) is 18.9 Å². The maximum Gasteiger partial charge on any atom is 0.410 e. The normalized spacial score (nSPS) is 17.0. The topological polar surface area (TPSA) is 57.2 Å². The van der Waals surface area contributed by atoms with Crippen molar-refractivity contribution in [1.82, 2.24) is 4.90 Å². The van der Waals surface area contributed by atoms with Gasteiger partial charge in [0.1, 0.15) is 6.61 Å². The molecule has 7 nitrogen and oxygen atoms in total. The second-order valence-electron chi connectivity index (χ2n) is 5.70. The highest BCUT2D eigenvalue weighted by atomic mass is 127. The van der Waals surface area contributed by atoms with Crippen molar-refractivity contribution in [1.29, 1.82) is 0 Å². The van der Waals surface area contributed by atoms with E-state index in [-0.39, 0.29) is 36.7 Å². The van der Waals surface area contributed by atoms with Crippen LogP contribution in [0.15, 0.2) is 0 Å². The Morgan fingerprint density at radius 2 is 1.45 bits per heavy atom. The van der Waals surface area contributed by atoms with Gasteiger partial charge in [-0.25, -0.2) is 4.79 Å². The van der Waals surface area contributed by atoms with E-state index in [1.54, 1.807) is 12.0 Å². The van der Waals surface area contributed by atoms with Crippen LogP contribution in [0.5, 0.6) is 0 Å². The largest absolute Gasteiger partial charge is 1.00 e. The highest BCUT2D eigenvalue weighted by molar-refractivity contribution is 5.67. The van der Waals surface area contributed by atoms with Crippen LogP contribution < -0.4 is 24.0 Å². The molecule has 132 valence electrons. The monoisotopic (exact) mass is 432 g/mol. The zero-order valence-corrected chi connectivity index (χ0v) is 16.0. The van der Waals surface area contributed by atoms with Gasteiger partial charge in [-0.1, -0.05) is 0 Å². The molecule has 0 bridgehead atoms. The van der Waals surface area contributed by atoms with Crippen LogP contribution in [0, 0.1) is 0 Å². The lowest BCUT2D eigenvalue weighted by Crippen LogP contribution is -3.00. The molecular formula is C14H29IN2O5. The molecule has 22 heavy (non-hydrogen) atoms. The van der Waals surface area contributed by atoms with E-state index in [2.05, 4.69) is 14.1 Å². The summed E-state index contributed by atoms with van der Waals surface area (Å²) < 4.78 is 21.6. The van der Waals surface area contributed by atoms with Crippen LogP contribution in [0.3, 0.4) is 0 Å². The average molecular weight is 432 g/mol. The van der Waals surface area contributed by atoms with Crippen LogP contribution in [0.25, 0.3) is 0 Å². The summed E-state index contributed by atoms with van der Waals surface area (Å²) in [7, 11) is 5.98. The summed E-state index contributed by atoms with van der Waals surface area (Å²) in [5.74, 6) is 0. The van der Waals surface area contributed by atoms with Crippen LogP contribution in [0.1, 0.15) is 0 Å². The number of piperazine rings is 1. The van der Waals surface area contributed by atoms with Crippen LogP contribution >= 0.6 is 0 Å². The van der Waals surface area contributed by atoms with Gasteiger partial charge in [0.05, 0.1) is 73.3 Å². The van der Waals surface area contributed by atoms with E-state index >= 15 is 0 Å². The number of likely N-dealkylation sites (N-methyl/N-ethyl adjacent to an activating group) is 1. The van der Waals surface area contributed by atoms with Crippen molar-refractivity contribution >= 4 is 6.09 Å². The third kappa shape index (κ3) is 9.78. The second kappa shape index (κ2) is 12.3. The number of carbonyl (C=O) groups excluding carboxylic acids is 1. The Labute approximate surface area is 150 Å². The fourth-order valence-corrected chi connectivity index (χ4v) is 1.93. The Bertz CT molecular complexity index is 295. The summed E-state index contributed by atoms with van der Waals surface area (Å²) in [4.78, 5) is 13.6. The van der Waals surface area contributed by atoms with Gasteiger partial charge in [0.15, 0.2) is 0 Å². The average Bonchev–Trinajstić information content (AvgIpc) is 2.45. The van der Waals surface area contributed by atoms with E-state index in [9.17, 15) is 4.79 Å². The third-order valence-electron chi connectivity index (χ3n) is 3.47. The number of hydrogen-bond acceptors (Lipinski definition) is 5. The minimum Gasteiger partial charge on any atom is -1.00 e. The van der Waals surface area contributed by atoms with E-state index in [0.29, 0.717) is 33.0 Å². The number of carbonyl (C=O) groups is 1. The van der Waals surface area contributed by atoms with Crippen molar-refractivity contribution in [2.45, 2.75) is 0 Å². The van der Waals surface area contributed by atoms with Gasteiger partial charge in [-0.15, -0.1) is 0 Å². The van der Waals surface area contributed by atoms with Gasteiger partial charge in [0.2, 0.25) is 0 Å². The highest BCUT2D eigenvalue weighted by Gasteiger charge is 2.27. The lowest BCUT2D eigenvalue weighted by molar-refractivity contribution is -0.894. The molecule has 8 heteroatoms. The zero-order valence-electron chi connectivity index (χ0n) is 13.9. The van der Waals surface area contributed by atoms with Crippen molar-refractivity contribution < 1.29 is 52.2 Å². The fraction of sp³-hybridized carbons (Fsp3) is 0.929. The number of amides is 1. The molecule has 0 aliphatic carbocycles. The Morgan fingerprint density at radius 3 is 2.00 bits per heavy atom. The summed E-state index contributed by atoms with van der Waals surface area (Å²) >= 11 is 0. The summed E-state index contributed by atoms with van der Waals surface area (Å²) in [5.41, 5.74) is 0. The van der Waals surface area contributed by atoms with E-state index in [4.69, 9.17) is 18.9 Å². The number of quaternary nitrogens is 1. The molecule has 1 amide bonds. The van der Waals surface area contributed by atoms with Crippen molar-refractivity contribution in [2.24, 2.45) is 0 Å². The second-order valence-corrected chi connectivity index (χ2v) is 5.70. The van der Waals surface area contributed by atoms with Gasteiger partial charge < -0.3 is 47.4 Å². The first kappa shape index (κ1) is 21.8. The minimum absolute atomic E-state index is 0. The molecule has 0 atom stereocenters. The number of halogens is 1. The molecule has 0 unspecified atom stereocenters. The van der Waals surface area contributed by atoms with E-state index in [1.807, 2.05) is 0 Å². The van der Waals surface area contributed by atoms with Gasteiger partial charge in [-0.2, -0.15) is 0 Å². The summed E-state index contributed by atoms with van der Waals surface area (Å²) in [6.45, 7) is 6.28. The molecule has 0 N–H and O–H groups in total. The molecule has 1 fully saturated rings. The predicted molar refractivity (Wildman–Crippen MR) is 78.3 cm³/mol.